The average molecular weight is 622 g/mol. The normalized spacial score (nSPS) is 26.6. The van der Waals surface area contributed by atoms with Crippen LogP contribution in [0.5, 0.6) is 0 Å². The quantitative estimate of drug-likeness (QED) is 0.0907. The Kier molecular flexibility index (Phi) is 16.2. The third kappa shape index (κ3) is 11.1. The van der Waals surface area contributed by atoms with Crippen LogP contribution in [0, 0.1) is 10.8 Å². The summed E-state index contributed by atoms with van der Waals surface area (Å²) in [5, 5.41) is 62.1. The Morgan fingerprint density at radius 2 is 1.19 bits per heavy atom. The van der Waals surface area contributed by atoms with E-state index in [-0.39, 0.29) is 52.8 Å². The van der Waals surface area contributed by atoms with Crippen molar-refractivity contribution in [2.75, 3.05) is 118 Å². The lowest BCUT2D eigenvalue weighted by Crippen LogP contribution is -2.66. The Morgan fingerprint density at radius 1 is 0.767 bits per heavy atom. The minimum atomic E-state index is -1.26. The first-order valence-corrected chi connectivity index (χ1v) is 14.7. The maximum Gasteiger partial charge on any atom is 0.317 e. The summed E-state index contributed by atoms with van der Waals surface area (Å²) in [6.07, 6.45) is -1.61. The Balaban J connectivity index is 2.17. The highest BCUT2D eigenvalue weighted by Crippen LogP contribution is 2.42. The Bertz CT molecular complexity index is 811. The molecule has 16 heteroatoms. The number of nitrogens with zero attached hydrogens (tertiary/aromatic N) is 5. The minimum Gasteiger partial charge on any atom is -0.480 e. The number of carbonyl (C=O) groups is 3. The van der Waals surface area contributed by atoms with Crippen molar-refractivity contribution >= 4 is 18.9 Å². The van der Waals surface area contributed by atoms with Gasteiger partial charge in [-0.3, -0.25) is 38.9 Å². The van der Waals surface area contributed by atoms with Gasteiger partial charge in [0, 0.05) is 84.0 Å². The van der Waals surface area contributed by atoms with Gasteiger partial charge in [-0.2, -0.15) is 0 Å². The van der Waals surface area contributed by atoms with E-state index < -0.39 is 42.2 Å². The smallest absolute Gasteiger partial charge is 0.317 e. The lowest BCUT2D eigenvalue weighted by Gasteiger charge is -2.54. The molecule has 16 nitrogen and oxygen atoms in total. The van der Waals surface area contributed by atoms with Crippen LogP contribution < -0.4 is 0 Å². The van der Waals surface area contributed by atoms with Gasteiger partial charge in [-0.15, -0.1) is 0 Å². The van der Waals surface area contributed by atoms with E-state index in [0.29, 0.717) is 71.7 Å². The molecule has 6 N–H and O–H groups in total. The van der Waals surface area contributed by atoms with Crippen molar-refractivity contribution in [3.05, 3.63) is 0 Å². The van der Waals surface area contributed by atoms with Gasteiger partial charge in [0.1, 0.15) is 13.5 Å². The summed E-state index contributed by atoms with van der Waals surface area (Å²) >= 11 is 0. The van der Waals surface area contributed by atoms with Crippen molar-refractivity contribution in [2.45, 2.75) is 25.6 Å². The molecule has 2 rings (SSSR count). The van der Waals surface area contributed by atoms with Gasteiger partial charge < -0.3 is 40.1 Å². The molecule has 250 valence electrons. The van der Waals surface area contributed by atoms with Crippen molar-refractivity contribution in [1.29, 1.82) is 0 Å². The maximum atomic E-state index is 11.5. The average Bonchev–Trinajstić information content (AvgIpc) is 2.99. The number of β-amino-alcohol motifs (C(OH)–C–C–N with tert-alkyl or cyclic N) is 1. The molecule has 0 aliphatic carbocycles. The van der Waals surface area contributed by atoms with Gasteiger partial charge in [-0.05, 0) is 6.42 Å². The van der Waals surface area contributed by atoms with Crippen LogP contribution in [0.1, 0.15) is 13.3 Å². The van der Waals surface area contributed by atoms with Gasteiger partial charge in [0.15, 0.2) is 0 Å². The largest absolute Gasteiger partial charge is 0.480 e. The van der Waals surface area contributed by atoms with E-state index in [1.165, 1.54) is 0 Å². The summed E-state index contributed by atoms with van der Waals surface area (Å²) in [7, 11) is 0. The SMILES string of the molecule is CCC1(CO)CN(CC(O)CN2CCN(COC=O)CCN(COC=O)CCN(CC(=O)O)CC2)CC(CO)(CO)C1O. The van der Waals surface area contributed by atoms with Gasteiger partial charge in [0.25, 0.3) is 12.9 Å². The monoisotopic (exact) mass is 621 g/mol. The maximum absolute atomic E-state index is 11.5. The first-order chi connectivity index (χ1) is 20.6. The summed E-state index contributed by atoms with van der Waals surface area (Å²) in [4.78, 5) is 42.6. The fourth-order valence-corrected chi connectivity index (χ4v) is 6.07. The predicted octanol–water partition coefficient (Wildman–Crippen LogP) is -4.05. The first-order valence-electron chi connectivity index (χ1n) is 14.7. The van der Waals surface area contributed by atoms with E-state index >= 15 is 0 Å². The number of carbonyl (C=O) groups excluding carboxylic acids is 2. The van der Waals surface area contributed by atoms with E-state index in [1.807, 2.05) is 26.5 Å². The number of aliphatic hydroxyl groups excluding tert-OH is 5. The molecule has 0 aromatic heterocycles. The summed E-state index contributed by atoms with van der Waals surface area (Å²) in [5.41, 5.74) is -2.23. The van der Waals surface area contributed by atoms with Crippen LogP contribution in [-0.2, 0) is 23.9 Å². The van der Waals surface area contributed by atoms with E-state index in [4.69, 9.17) is 9.47 Å². The van der Waals surface area contributed by atoms with E-state index in [9.17, 15) is 45.0 Å². The molecule has 43 heavy (non-hydrogen) atoms. The molecule has 3 unspecified atom stereocenters. The summed E-state index contributed by atoms with van der Waals surface area (Å²) in [6, 6.07) is 0. The van der Waals surface area contributed by atoms with Gasteiger partial charge in [0.05, 0.1) is 44.0 Å². The molecule has 2 aliphatic rings. The zero-order valence-corrected chi connectivity index (χ0v) is 25.2. The van der Waals surface area contributed by atoms with Crippen LogP contribution in [0.4, 0.5) is 0 Å². The minimum absolute atomic E-state index is 0.0437. The van der Waals surface area contributed by atoms with Crippen LogP contribution in [-0.4, -0.2) is 205 Å². The highest BCUT2D eigenvalue weighted by atomic mass is 16.5. The zero-order valence-electron chi connectivity index (χ0n) is 25.2. The number of ether oxygens (including phenoxy) is 2. The highest BCUT2D eigenvalue weighted by Gasteiger charge is 2.54. The molecule has 0 aromatic carbocycles. The van der Waals surface area contributed by atoms with Crippen molar-refractivity contribution in [2.24, 2.45) is 10.8 Å². The number of rotatable bonds is 16. The number of hydrogen-bond donors (Lipinski definition) is 6. The van der Waals surface area contributed by atoms with Gasteiger partial charge in [-0.25, -0.2) is 0 Å². The third-order valence-corrected chi connectivity index (χ3v) is 8.76. The second kappa shape index (κ2) is 18.7. The van der Waals surface area contributed by atoms with Gasteiger partial charge in [-0.1, -0.05) is 6.92 Å². The number of carboxylic acid groups (broad SMARTS) is 1. The second-order valence-corrected chi connectivity index (χ2v) is 11.8. The first kappa shape index (κ1) is 37.2. The molecule has 0 aromatic rings. The van der Waals surface area contributed by atoms with Crippen LogP contribution in [0.2, 0.25) is 0 Å². The van der Waals surface area contributed by atoms with Crippen molar-refractivity contribution in [1.82, 2.24) is 24.5 Å². The summed E-state index contributed by atoms with van der Waals surface area (Å²) in [6.45, 7) is 5.50. The molecule has 2 fully saturated rings. The summed E-state index contributed by atoms with van der Waals surface area (Å²) in [5.74, 6) is -0.974. The van der Waals surface area contributed by atoms with E-state index in [1.54, 1.807) is 4.90 Å². The number of aliphatic carboxylic acids is 1. The number of aliphatic hydroxyl groups is 5. The van der Waals surface area contributed by atoms with Crippen LogP contribution >= 0.6 is 0 Å². The zero-order chi connectivity index (χ0) is 31.9. The molecular weight excluding hydrogens is 570 g/mol. The Hall–Kier alpha value is -1.99. The molecule has 2 aliphatic heterocycles. The Morgan fingerprint density at radius 3 is 1.60 bits per heavy atom. The van der Waals surface area contributed by atoms with Gasteiger partial charge >= 0.3 is 5.97 Å². The van der Waals surface area contributed by atoms with Crippen LogP contribution in [0.3, 0.4) is 0 Å². The summed E-state index contributed by atoms with van der Waals surface area (Å²) < 4.78 is 9.91. The molecular formula is C27H51N5O11. The lowest BCUT2D eigenvalue weighted by atomic mass is 9.64. The van der Waals surface area contributed by atoms with Gasteiger partial charge in [0.2, 0.25) is 0 Å². The Labute approximate surface area is 252 Å². The fraction of sp³-hybridized carbons (Fsp3) is 0.889. The topological polar surface area (TPSA) is 207 Å². The molecule has 3 atom stereocenters. The molecule has 0 radical (unpaired) electrons. The molecule has 0 amide bonds. The van der Waals surface area contributed by atoms with Crippen molar-refractivity contribution in [3.8, 4) is 0 Å². The van der Waals surface area contributed by atoms with Crippen LogP contribution in [0.15, 0.2) is 0 Å². The number of likely N-dealkylation sites (tertiary alicyclic amines) is 1. The molecule has 0 saturated carbocycles. The third-order valence-electron chi connectivity index (χ3n) is 8.76. The van der Waals surface area contributed by atoms with Crippen LogP contribution in [0.25, 0.3) is 0 Å². The van der Waals surface area contributed by atoms with Crippen molar-refractivity contribution in [3.63, 3.8) is 0 Å². The van der Waals surface area contributed by atoms with Crippen molar-refractivity contribution < 1.29 is 54.5 Å². The number of carboxylic acids is 1. The number of piperidine rings is 1. The molecule has 0 bridgehead atoms. The molecule has 0 spiro atoms. The standard InChI is InChI=1S/C27H51N5O11/c1-2-26(16-33)14-32(15-27(17-34,18-35)25(26)41)12-23(38)11-28-3-4-29(13-24(39)40)6-8-31(20-43-22-37)10-9-30(7-5-28)19-42-21-36/h21-23,25,33-35,38,41H,2-20H2,1H3,(H,39,40). The number of hydrogen-bond acceptors (Lipinski definition) is 15. The van der Waals surface area contributed by atoms with E-state index in [0.717, 1.165) is 0 Å². The fourth-order valence-electron chi connectivity index (χ4n) is 6.07. The highest BCUT2D eigenvalue weighted by molar-refractivity contribution is 5.69. The molecule has 2 heterocycles. The predicted molar refractivity (Wildman–Crippen MR) is 153 cm³/mol. The second-order valence-electron chi connectivity index (χ2n) is 11.8. The van der Waals surface area contributed by atoms with E-state index in [2.05, 4.69) is 0 Å². The lowest BCUT2D eigenvalue weighted by molar-refractivity contribution is -0.186. The molecule has 2 saturated heterocycles.